The molecule has 1 aromatic rings. The van der Waals surface area contributed by atoms with Crippen LogP contribution in [0.5, 0.6) is 0 Å². The standard InChI is InChI=1S/C7H7BrN2O2/c1-4-9-5(3-7(11)12)2-6(8)10-4/h2H,3H2,1H3,(H,11,12). The van der Waals surface area contributed by atoms with Gasteiger partial charge in [0, 0.05) is 0 Å². The molecular formula is C7H7BrN2O2. The number of aliphatic carboxylic acids is 1. The summed E-state index contributed by atoms with van der Waals surface area (Å²) in [5, 5.41) is 8.47. The van der Waals surface area contributed by atoms with Crippen LogP contribution in [0.25, 0.3) is 0 Å². The van der Waals surface area contributed by atoms with Crippen molar-refractivity contribution in [2.75, 3.05) is 0 Å². The van der Waals surface area contributed by atoms with Crippen LogP contribution in [0.2, 0.25) is 0 Å². The molecule has 0 unspecified atom stereocenters. The highest BCUT2D eigenvalue weighted by Gasteiger charge is 2.03. The van der Waals surface area contributed by atoms with Crippen molar-refractivity contribution in [1.29, 1.82) is 0 Å². The van der Waals surface area contributed by atoms with Crippen LogP contribution in [-0.2, 0) is 11.2 Å². The van der Waals surface area contributed by atoms with Crippen molar-refractivity contribution >= 4 is 21.9 Å². The maximum Gasteiger partial charge on any atom is 0.309 e. The number of halogens is 1. The molecule has 4 nitrogen and oxygen atoms in total. The summed E-state index contributed by atoms with van der Waals surface area (Å²) >= 11 is 3.16. The molecule has 5 heteroatoms. The first kappa shape index (κ1) is 9.12. The topological polar surface area (TPSA) is 63.1 Å². The summed E-state index contributed by atoms with van der Waals surface area (Å²) in [6.45, 7) is 1.72. The van der Waals surface area contributed by atoms with Gasteiger partial charge in [0.05, 0.1) is 12.1 Å². The molecule has 0 radical (unpaired) electrons. The number of carbonyl (C=O) groups is 1. The third-order valence-corrected chi connectivity index (χ3v) is 1.60. The predicted octanol–water partition coefficient (Wildman–Crippen LogP) is 1.17. The second-order valence-corrected chi connectivity index (χ2v) is 3.11. The van der Waals surface area contributed by atoms with Crippen molar-refractivity contribution in [3.8, 4) is 0 Å². The van der Waals surface area contributed by atoms with Crippen LogP contribution in [0.3, 0.4) is 0 Å². The average molecular weight is 231 g/mol. The molecule has 0 amide bonds. The van der Waals surface area contributed by atoms with E-state index in [9.17, 15) is 4.79 Å². The zero-order chi connectivity index (χ0) is 9.14. The Morgan fingerprint density at radius 1 is 1.67 bits per heavy atom. The Hall–Kier alpha value is -0.970. The second kappa shape index (κ2) is 3.62. The molecule has 1 rings (SSSR count). The normalized spacial score (nSPS) is 9.83. The summed E-state index contributed by atoms with van der Waals surface area (Å²) in [4.78, 5) is 18.2. The molecule has 1 heterocycles. The fourth-order valence-corrected chi connectivity index (χ4v) is 1.36. The largest absolute Gasteiger partial charge is 0.481 e. The van der Waals surface area contributed by atoms with Gasteiger partial charge >= 0.3 is 5.97 Å². The van der Waals surface area contributed by atoms with Crippen molar-refractivity contribution in [3.63, 3.8) is 0 Å². The summed E-state index contributed by atoms with van der Waals surface area (Å²) in [6, 6.07) is 1.60. The number of hydrogen-bond acceptors (Lipinski definition) is 3. The van der Waals surface area contributed by atoms with Gasteiger partial charge in [-0.15, -0.1) is 0 Å². The minimum absolute atomic E-state index is 0.0675. The quantitative estimate of drug-likeness (QED) is 0.776. The van der Waals surface area contributed by atoms with E-state index in [-0.39, 0.29) is 6.42 Å². The maximum atomic E-state index is 10.3. The number of carboxylic acid groups (broad SMARTS) is 1. The molecule has 0 saturated carbocycles. The SMILES string of the molecule is Cc1nc(Br)cc(CC(=O)O)n1. The Morgan fingerprint density at radius 3 is 2.83 bits per heavy atom. The lowest BCUT2D eigenvalue weighted by Crippen LogP contribution is -2.04. The van der Waals surface area contributed by atoms with Crippen LogP contribution >= 0.6 is 15.9 Å². The fourth-order valence-electron chi connectivity index (χ4n) is 0.835. The van der Waals surface area contributed by atoms with Crippen molar-refractivity contribution in [1.82, 2.24) is 9.97 Å². The van der Waals surface area contributed by atoms with Crippen LogP contribution in [0.15, 0.2) is 10.7 Å². The third kappa shape index (κ3) is 2.58. The van der Waals surface area contributed by atoms with E-state index in [4.69, 9.17) is 5.11 Å². The average Bonchev–Trinajstić information content (AvgIpc) is 1.81. The number of nitrogens with zero attached hydrogens (tertiary/aromatic N) is 2. The van der Waals surface area contributed by atoms with E-state index in [2.05, 4.69) is 25.9 Å². The first-order valence-electron chi connectivity index (χ1n) is 3.30. The highest BCUT2D eigenvalue weighted by atomic mass is 79.9. The zero-order valence-corrected chi connectivity index (χ0v) is 8.00. The highest BCUT2D eigenvalue weighted by molar-refractivity contribution is 9.10. The highest BCUT2D eigenvalue weighted by Crippen LogP contribution is 2.08. The van der Waals surface area contributed by atoms with Gasteiger partial charge in [-0.3, -0.25) is 4.79 Å². The van der Waals surface area contributed by atoms with Crippen molar-refractivity contribution in [2.45, 2.75) is 13.3 Å². The lowest BCUT2D eigenvalue weighted by Gasteiger charge is -1.98. The molecule has 0 spiro atoms. The Labute approximate surface area is 77.8 Å². The molecule has 0 atom stereocenters. The molecule has 0 aliphatic rings. The van der Waals surface area contributed by atoms with E-state index < -0.39 is 5.97 Å². The number of hydrogen-bond donors (Lipinski definition) is 1. The van der Waals surface area contributed by atoms with Crippen LogP contribution in [0, 0.1) is 6.92 Å². The first-order chi connectivity index (χ1) is 5.58. The first-order valence-corrected chi connectivity index (χ1v) is 4.09. The summed E-state index contributed by atoms with van der Waals surface area (Å²) < 4.78 is 0.617. The Balaban J connectivity index is 2.93. The molecular weight excluding hydrogens is 224 g/mol. The Kier molecular flexibility index (Phi) is 2.75. The lowest BCUT2D eigenvalue weighted by atomic mass is 10.3. The van der Waals surface area contributed by atoms with Gasteiger partial charge < -0.3 is 5.11 Å². The molecule has 0 aliphatic carbocycles. The number of rotatable bonds is 2. The van der Waals surface area contributed by atoms with Crippen LogP contribution in [-0.4, -0.2) is 21.0 Å². The van der Waals surface area contributed by atoms with Crippen LogP contribution in [0.4, 0.5) is 0 Å². The van der Waals surface area contributed by atoms with E-state index in [1.807, 2.05) is 0 Å². The van der Waals surface area contributed by atoms with E-state index >= 15 is 0 Å². The number of aryl methyl sites for hydroxylation is 1. The lowest BCUT2D eigenvalue weighted by molar-refractivity contribution is -0.136. The number of aromatic nitrogens is 2. The molecule has 12 heavy (non-hydrogen) atoms. The molecule has 1 aromatic heterocycles. The molecule has 0 saturated heterocycles. The molecule has 0 fully saturated rings. The molecule has 0 aliphatic heterocycles. The predicted molar refractivity (Wildman–Crippen MR) is 45.8 cm³/mol. The summed E-state index contributed by atoms with van der Waals surface area (Å²) in [5.41, 5.74) is 0.516. The van der Waals surface area contributed by atoms with Gasteiger partial charge in [0.25, 0.3) is 0 Å². The van der Waals surface area contributed by atoms with Crippen LogP contribution < -0.4 is 0 Å². The van der Waals surface area contributed by atoms with Gasteiger partial charge in [0.15, 0.2) is 0 Å². The minimum Gasteiger partial charge on any atom is -0.481 e. The zero-order valence-electron chi connectivity index (χ0n) is 6.41. The molecule has 0 aromatic carbocycles. The second-order valence-electron chi connectivity index (χ2n) is 2.30. The van der Waals surface area contributed by atoms with Crippen molar-refractivity contribution in [2.24, 2.45) is 0 Å². The molecule has 0 bridgehead atoms. The van der Waals surface area contributed by atoms with Gasteiger partial charge in [-0.2, -0.15) is 0 Å². The van der Waals surface area contributed by atoms with E-state index in [0.717, 1.165) is 0 Å². The van der Waals surface area contributed by atoms with Gasteiger partial charge in [0.2, 0.25) is 0 Å². The summed E-state index contributed by atoms with van der Waals surface area (Å²) in [5.74, 6) is -0.319. The third-order valence-electron chi connectivity index (χ3n) is 1.19. The fraction of sp³-hybridized carbons (Fsp3) is 0.286. The Morgan fingerprint density at radius 2 is 2.33 bits per heavy atom. The van der Waals surface area contributed by atoms with Crippen LogP contribution in [0.1, 0.15) is 11.5 Å². The number of carboxylic acids is 1. The van der Waals surface area contributed by atoms with Crippen molar-refractivity contribution < 1.29 is 9.90 Å². The van der Waals surface area contributed by atoms with Gasteiger partial charge in [-0.25, -0.2) is 9.97 Å². The van der Waals surface area contributed by atoms with Gasteiger partial charge in [0.1, 0.15) is 10.4 Å². The van der Waals surface area contributed by atoms with E-state index in [1.54, 1.807) is 13.0 Å². The molecule has 64 valence electrons. The minimum atomic E-state index is -0.889. The molecule has 1 N–H and O–H groups in total. The smallest absolute Gasteiger partial charge is 0.309 e. The van der Waals surface area contributed by atoms with Gasteiger partial charge in [-0.05, 0) is 28.9 Å². The summed E-state index contributed by atoms with van der Waals surface area (Å²) in [6.07, 6.45) is -0.0675. The van der Waals surface area contributed by atoms with E-state index in [1.165, 1.54) is 0 Å². The summed E-state index contributed by atoms with van der Waals surface area (Å²) in [7, 11) is 0. The monoisotopic (exact) mass is 230 g/mol. The van der Waals surface area contributed by atoms with Gasteiger partial charge in [-0.1, -0.05) is 0 Å². The van der Waals surface area contributed by atoms with Crippen molar-refractivity contribution in [3.05, 3.63) is 22.2 Å². The van der Waals surface area contributed by atoms with E-state index in [0.29, 0.717) is 16.1 Å². The maximum absolute atomic E-state index is 10.3. The Bertz CT molecular complexity index is 294.